The van der Waals surface area contributed by atoms with E-state index >= 15 is 0 Å². The monoisotopic (exact) mass is 497 g/mol. The number of benzene rings is 1. The van der Waals surface area contributed by atoms with Crippen LogP contribution < -0.4 is 4.74 Å². The van der Waals surface area contributed by atoms with Crippen molar-refractivity contribution in [3.63, 3.8) is 0 Å². The molecule has 5 nitrogen and oxygen atoms in total. The quantitative estimate of drug-likeness (QED) is 0.474. The summed E-state index contributed by atoms with van der Waals surface area (Å²) in [6, 6.07) is 4.50. The number of halogens is 5. The predicted molar refractivity (Wildman–Crippen MR) is 113 cm³/mol. The lowest BCUT2D eigenvalue weighted by Gasteiger charge is -2.14. The van der Waals surface area contributed by atoms with Gasteiger partial charge in [-0.3, -0.25) is 4.79 Å². The highest BCUT2D eigenvalue weighted by Crippen LogP contribution is 2.41. The van der Waals surface area contributed by atoms with Gasteiger partial charge in [0.2, 0.25) is 5.78 Å². The summed E-state index contributed by atoms with van der Waals surface area (Å²) in [5, 5.41) is 7.72. The molecule has 0 fully saturated rings. The van der Waals surface area contributed by atoms with Gasteiger partial charge in [0.25, 0.3) is 0 Å². The van der Waals surface area contributed by atoms with E-state index < -0.39 is 52.0 Å². The molecule has 1 N–H and O–H groups in total. The fraction of sp³-hybridized carbons (Fsp3) is 0.400. The van der Waals surface area contributed by atoms with E-state index in [-0.39, 0.29) is 20.5 Å². The third kappa shape index (κ3) is 6.11. The number of carbonyl (C=O) groups is 1. The van der Waals surface area contributed by atoms with Crippen molar-refractivity contribution in [2.24, 2.45) is 5.92 Å². The van der Waals surface area contributed by atoms with E-state index in [0.717, 1.165) is 6.08 Å². The van der Waals surface area contributed by atoms with Crippen LogP contribution in [-0.2, 0) is 21.1 Å². The lowest BCUT2D eigenvalue weighted by atomic mass is 10.0. The van der Waals surface area contributed by atoms with Crippen LogP contribution in [0.4, 0.5) is 13.2 Å². The molecule has 0 saturated carbocycles. The molecule has 2 rings (SSSR count). The number of aryl methyl sites for hydroxylation is 1. The highest BCUT2D eigenvalue weighted by molar-refractivity contribution is 7.92. The number of rotatable bonds is 9. The van der Waals surface area contributed by atoms with Gasteiger partial charge < -0.3 is 10.1 Å². The maximum Gasteiger partial charge on any atom is 0.389 e. The predicted octanol–water partition coefficient (Wildman–Crippen LogP) is 5.21. The first-order valence-corrected chi connectivity index (χ1v) is 11.6. The Bertz CT molecular complexity index is 1060. The van der Waals surface area contributed by atoms with E-state index in [1.165, 1.54) is 13.2 Å². The molecule has 1 aliphatic carbocycles. The van der Waals surface area contributed by atoms with E-state index in [0.29, 0.717) is 17.7 Å². The molecule has 0 heterocycles. The summed E-state index contributed by atoms with van der Waals surface area (Å²) in [6.45, 7) is 1.76. The van der Waals surface area contributed by atoms with E-state index in [9.17, 15) is 26.4 Å². The Kier molecular flexibility index (Phi) is 7.99. The van der Waals surface area contributed by atoms with Crippen molar-refractivity contribution in [3.05, 3.63) is 45.5 Å². The summed E-state index contributed by atoms with van der Waals surface area (Å²) in [4.78, 5) is 12.6. The Balaban J connectivity index is 2.26. The van der Waals surface area contributed by atoms with Gasteiger partial charge >= 0.3 is 6.18 Å². The zero-order valence-electron chi connectivity index (χ0n) is 16.6. The van der Waals surface area contributed by atoms with Gasteiger partial charge in [0, 0.05) is 28.0 Å². The van der Waals surface area contributed by atoms with Crippen molar-refractivity contribution in [2.75, 3.05) is 12.9 Å². The minimum absolute atomic E-state index is 0.0602. The number of sulfone groups is 1. The maximum atomic E-state index is 12.9. The van der Waals surface area contributed by atoms with Crippen molar-refractivity contribution in [1.82, 2.24) is 0 Å². The Morgan fingerprint density at radius 3 is 2.45 bits per heavy atom. The normalized spacial score (nSPS) is 17.0. The molecule has 1 aromatic carbocycles. The van der Waals surface area contributed by atoms with E-state index in [2.05, 4.69) is 0 Å². The van der Waals surface area contributed by atoms with Crippen molar-refractivity contribution < 1.29 is 31.1 Å². The fourth-order valence-electron chi connectivity index (χ4n) is 3.10. The molecule has 0 aromatic heterocycles. The van der Waals surface area contributed by atoms with Gasteiger partial charge in [-0.1, -0.05) is 36.2 Å². The van der Waals surface area contributed by atoms with E-state index in [4.69, 9.17) is 33.3 Å². The summed E-state index contributed by atoms with van der Waals surface area (Å²) in [5.74, 6) is -2.61. The number of allylic oxidation sites excluding steroid dienone is 4. The Labute approximate surface area is 188 Å². The third-order valence-electron chi connectivity index (χ3n) is 4.74. The molecule has 0 bridgehead atoms. The molecule has 1 aliphatic rings. The van der Waals surface area contributed by atoms with Gasteiger partial charge in [0.05, 0.1) is 17.7 Å². The first-order valence-electron chi connectivity index (χ1n) is 9.16. The van der Waals surface area contributed by atoms with Gasteiger partial charge in [-0.15, -0.1) is 0 Å². The summed E-state index contributed by atoms with van der Waals surface area (Å²) in [7, 11) is -2.70. The fourth-order valence-corrected chi connectivity index (χ4v) is 5.43. The smallest absolute Gasteiger partial charge is 0.389 e. The molecule has 0 radical (unpaired) electrons. The zero-order valence-corrected chi connectivity index (χ0v) is 19.0. The third-order valence-corrected chi connectivity index (χ3v) is 7.30. The topological polar surface area (TPSA) is 84.3 Å². The van der Waals surface area contributed by atoms with Crippen LogP contribution in [0.1, 0.15) is 25.3 Å². The van der Waals surface area contributed by atoms with E-state index in [1.54, 1.807) is 19.1 Å². The number of carbonyl (C=O) groups excluding carboxylic acids is 1. The van der Waals surface area contributed by atoms with Gasteiger partial charge in [-0.05, 0) is 36.6 Å². The van der Waals surface area contributed by atoms with Crippen LogP contribution in [0.2, 0.25) is 0 Å². The number of ether oxygens (including phenoxy) is 1. The zero-order chi connectivity index (χ0) is 23.6. The number of hydrogen-bond donors (Lipinski definition) is 1. The number of alkyl halides is 3. The summed E-state index contributed by atoms with van der Waals surface area (Å²) in [5.41, 5.74) is -0.537. The summed E-state index contributed by atoms with van der Waals surface area (Å²) in [6.07, 6.45) is -4.53. The van der Waals surface area contributed by atoms with Crippen LogP contribution in [0.25, 0.3) is 0 Å². The lowest BCUT2D eigenvalue weighted by molar-refractivity contribution is -0.136. The first-order chi connectivity index (χ1) is 14.3. The van der Waals surface area contributed by atoms with Crippen LogP contribution >= 0.6 is 23.2 Å². The molecule has 0 saturated heterocycles. The number of hydrogen-bond acceptors (Lipinski definition) is 5. The molecule has 170 valence electrons. The van der Waals surface area contributed by atoms with Crippen LogP contribution in [0.15, 0.2) is 44.8 Å². The molecule has 11 heteroatoms. The second-order valence-corrected chi connectivity index (χ2v) is 9.69. The Morgan fingerprint density at radius 1 is 1.26 bits per heavy atom. The number of Topliss-reactive ketones (excluding diaryl/α,β-unsaturated/α-hetero) is 1. The highest BCUT2D eigenvalue weighted by Gasteiger charge is 2.35. The standard InChI is InChI=1S/C20H20Cl2F3NO4S/c1-3-11-4-5-12(30-2)8-17(11)31(28,29)10-16(26)19(27)14-9-15(21)13(18(14)22)6-7-20(23,24)25/h4-5,8-9,13,26H,3,6-7,10H2,1-2H3. The van der Waals surface area contributed by atoms with Crippen molar-refractivity contribution in [1.29, 1.82) is 5.41 Å². The highest BCUT2D eigenvalue weighted by atomic mass is 35.5. The van der Waals surface area contributed by atoms with Gasteiger partial charge in [-0.2, -0.15) is 13.2 Å². The Morgan fingerprint density at radius 2 is 1.90 bits per heavy atom. The van der Waals surface area contributed by atoms with Gasteiger partial charge in [-0.25, -0.2) is 8.42 Å². The van der Waals surface area contributed by atoms with Gasteiger partial charge in [0.1, 0.15) is 11.5 Å². The van der Waals surface area contributed by atoms with E-state index in [1.807, 2.05) is 0 Å². The van der Waals surface area contributed by atoms with Crippen molar-refractivity contribution >= 4 is 44.5 Å². The molecule has 31 heavy (non-hydrogen) atoms. The van der Waals surface area contributed by atoms with Crippen molar-refractivity contribution in [3.8, 4) is 5.75 Å². The Hall–Kier alpha value is -1.84. The number of nitrogens with one attached hydrogen (secondary N) is 1. The average Bonchev–Trinajstić information content (AvgIpc) is 2.97. The first kappa shape index (κ1) is 25.4. The van der Waals surface area contributed by atoms with Crippen molar-refractivity contribution in [2.45, 2.75) is 37.3 Å². The largest absolute Gasteiger partial charge is 0.497 e. The molecule has 0 aliphatic heterocycles. The second-order valence-electron chi connectivity index (χ2n) is 6.89. The second kappa shape index (κ2) is 9.75. The summed E-state index contributed by atoms with van der Waals surface area (Å²) >= 11 is 12.0. The number of ketones is 1. The maximum absolute atomic E-state index is 12.9. The summed E-state index contributed by atoms with van der Waals surface area (Å²) < 4.78 is 68.3. The SMILES string of the molecule is CCc1ccc(OC)cc1S(=O)(=O)CC(=N)C(=O)C1=C(Cl)C(CCC(F)(F)F)C(Cl)=C1. The molecule has 1 atom stereocenters. The minimum Gasteiger partial charge on any atom is -0.497 e. The molecular formula is C20H20Cl2F3NO4S. The molecule has 1 aromatic rings. The van der Waals surface area contributed by atoms with Crippen LogP contribution in [0.5, 0.6) is 5.75 Å². The van der Waals surface area contributed by atoms with Crippen LogP contribution in [-0.4, -0.2) is 39.0 Å². The average molecular weight is 498 g/mol. The molecule has 1 unspecified atom stereocenters. The molecular weight excluding hydrogens is 478 g/mol. The van der Waals surface area contributed by atoms with Gasteiger partial charge in [0.15, 0.2) is 9.84 Å². The molecule has 0 amide bonds. The molecule has 0 spiro atoms. The van der Waals surface area contributed by atoms with Crippen LogP contribution in [0, 0.1) is 11.3 Å². The van der Waals surface area contributed by atoms with Crippen LogP contribution in [0.3, 0.4) is 0 Å². The minimum atomic E-state index is -4.42. The lowest BCUT2D eigenvalue weighted by Crippen LogP contribution is -2.25. The number of methoxy groups -OCH3 is 1.